The SMILES string of the molecule is CCOC[C@]12CC3(C(=O)N[C@H]4CCN[C@H](C)C4)CC(C[C@](c4ccccc4)(C3)C1)C2c1ccc([C@]23CC4CC(C(=O)N[C@H]5CCN[C@H](C)C5)(C[C@](CF)(C4)C2)C3)cc1. The molecule has 2 aliphatic heterocycles. The number of alkyl halides is 1. The van der Waals surface area contributed by atoms with E-state index in [2.05, 4.69) is 96.6 Å². The Morgan fingerprint density at radius 2 is 1.34 bits per heavy atom. The van der Waals surface area contributed by atoms with Gasteiger partial charge in [0.1, 0.15) is 0 Å². The van der Waals surface area contributed by atoms with E-state index >= 15 is 4.39 Å². The summed E-state index contributed by atoms with van der Waals surface area (Å²) in [5, 5.41) is 14.3. The van der Waals surface area contributed by atoms with Crippen LogP contribution in [-0.2, 0) is 25.2 Å². The zero-order valence-electron chi connectivity index (χ0n) is 35.5. The fourth-order valence-corrected chi connectivity index (χ4v) is 16.6. The van der Waals surface area contributed by atoms with Crippen molar-refractivity contribution in [2.75, 3.05) is 33.0 Å². The number of benzene rings is 2. The highest BCUT2D eigenvalue weighted by Gasteiger charge is 2.70. The summed E-state index contributed by atoms with van der Waals surface area (Å²) in [6.45, 7) is 9.41. The number of carbonyl (C=O) groups excluding carboxylic acids is 2. The third-order valence-corrected chi connectivity index (χ3v) is 17.7. The van der Waals surface area contributed by atoms with Crippen LogP contribution in [-0.4, -0.2) is 69.0 Å². The zero-order valence-corrected chi connectivity index (χ0v) is 35.5. The highest BCUT2D eigenvalue weighted by atomic mass is 19.1. The van der Waals surface area contributed by atoms with Crippen molar-refractivity contribution in [3.63, 3.8) is 0 Å². The molecule has 0 aromatic heterocycles. The van der Waals surface area contributed by atoms with Gasteiger partial charge < -0.3 is 26.0 Å². The lowest BCUT2D eigenvalue weighted by Gasteiger charge is -2.69. The van der Waals surface area contributed by atoms with Gasteiger partial charge in [0.2, 0.25) is 11.8 Å². The third-order valence-electron chi connectivity index (χ3n) is 17.7. The second kappa shape index (κ2) is 14.4. The van der Waals surface area contributed by atoms with Crippen molar-refractivity contribution in [1.29, 1.82) is 0 Å². The summed E-state index contributed by atoms with van der Waals surface area (Å²) in [5.74, 6) is 1.51. The van der Waals surface area contributed by atoms with E-state index in [1.165, 1.54) is 16.7 Å². The summed E-state index contributed by atoms with van der Waals surface area (Å²) in [6.07, 6.45) is 13.9. The van der Waals surface area contributed by atoms with Gasteiger partial charge in [-0.3, -0.25) is 14.0 Å². The van der Waals surface area contributed by atoms with Crippen LogP contribution in [0.2, 0.25) is 0 Å². The maximum absolute atomic E-state index is 15.4. The van der Waals surface area contributed by atoms with E-state index in [-0.39, 0.29) is 46.8 Å². The van der Waals surface area contributed by atoms with Crippen molar-refractivity contribution in [2.24, 2.45) is 33.5 Å². The molecule has 10 fully saturated rings. The number of rotatable bonds is 11. The summed E-state index contributed by atoms with van der Waals surface area (Å²) in [6, 6.07) is 22.0. The number of nitrogens with one attached hydrogen (secondary N) is 4. The minimum absolute atomic E-state index is 0.0599. The number of hydrogen-bond acceptors (Lipinski definition) is 5. The Balaban J connectivity index is 0.976. The number of ether oxygens (including phenoxy) is 1. The molecular formula is C50H69FN4O3. The van der Waals surface area contributed by atoms with Gasteiger partial charge in [0, 0.05) is 41.6 Å². The Labute approximate surface area is 346 Å². The van der Waals surface area contributed by atoms with Crippen LogP contribution in [0.1, 0.15) is 140 Å². The molecule has 2 aromatic rings. The van der Waals surface area contributed by atoms with Crippen LogP contribution in [0.3, 0.4) is 0 Å². The van der Waals surface area contributed by atoms with Gasteiger partial charge in [0.25, 0.3) is 0 Å². The number of carbonyl (C=O) groups is 2. The molecule has 12 rings (SSSR count). The fraction of sp³-hybridized carbons (Fsp3) is 0.720. The summed E-state index contributed by atoms with van der Waals surface area (Å²) < 4.78 is 21.9. The molecule has 10 aliphatic rings. The van der Waals surface area contributed by atoms with E-state index in [0.717, 1.165) is 103 Å². The highest BCUT2D eigenvalue weighted by Crippen LogP contribution is 2.75. The molecule has 2 aromatic carbocycles. The van der Waals surface area contributed by atoms with Gasteiger partial charge in [-0.2, -0.15) is 0 Å². The maximum Gasteiger partial charge on any atom is 0.226 e. The third kappa shape index (κ3) is 6.42. The number of halogens is 1. The van der Waals surface area contributed by atoms with Crippen molar-refractivity contribution >= 4 is 11.8 Å². The van der Waals surface area contributed by atoms with Crippen molar-refractivity contribution in [3.8, 4) is 0 Å². The van der Waals surface area contributed by atoms with Gasteiger partial charge in [0.05, 0.1) is 24.1 Å². The molecule has 8 aliphatic carbocycles. The highest BCUT2D eigenvalue weighted by molar-refractivity contribution is 5.85. The van der Waals surface area contributed by atoms with E-state index in [0.29, 0.717) is 49.5 Å². The van der Waals surface area contributed by atoms with Crippen LogP contribution in [0.5, 0.6) is 0 Å². The Kier molecular flexibility index (Phi) is 9.76. The first-order chi connectivity index (χ1) is 27.9. The van der Waals surface area contributed by atoms with Gasteiger partial charge in [-0.15, -0.1) is 0 Å². The number of amides is 2. The monoisotopic (exact) mass is 793 g/mol. The Hall–Kier alpha value is -2.81. The minimum Gasteiger partial charge on any atom is -0.381 e. The summed E-state index contributed by atoms with van der Waals surface area (Å²) in [4.78, 5) is 29.3. The molecule has 7 nitrogen and oxygen atoms in total. The molecule has 8 heteroatoms. The first kappa shape index (κ1) is 39.3. The van der Waals surface area contributed by atoms with Crippen molar-refractivity contribution in [3.05, 3.63) is 71.3 Å². The van der Waals surface area contributed by atoms with Crippen molar-refractivity contribution in [2.45, 2.75) is 158 Å². The van der Waals surface area contributed by atoms with Gasteiger partial charge in [-0.25, -0.2) is 0 Å². The molecule has 5 unspecified atom stereocenters. The predicted molar refractivity (Wildman–Crippen MR) is 226 cm³/mol. The van der Waals surface area contributed by atoms with E-state index in [1.54, 1.807) is 0 Å². The average molecular weight is 793 g/mol. The average Bonchev–Trinajstić information content (AvgIpc) is 3.20. The van der Waals surface area contributed by atoms with Gasteiger partial charge in [-0.05, 0) is 175 Å². The predicted octanol–water partition coefficient (Wildman–Crippen LogP) is 8.02. The topological polar surface area (TPSA) is 91.5 Å². The Bertz CT molecular complexity index is 1880. The molecular weight excluding hydrogens is 724 g/mol. The lowest BCUT2D eigenvalue weighted by Crippen LogP contribution is -2.67. The minimum atomic E-state index is -0.492. The summed E-state index contributed by atoms with van der Waals surface area (Å²) in [7, 11) is 0. The smallest absolute Gasteiger partial charge is 0.226 e. The molecule has 2 heterocycles. The molecule has 58 heavy (non-hydrogen) atoms. The van der Waals surface area contributed by atoms with E-state index in [9.17, 15) is 9.59 Å². The molecule has 2 amide bonds. The number of hydrogen-bond donors (Lipinski definition) is 4. The van der Waals surface area contributed by atoms with Crippen molar-refractivity contribution < 1.29 is 18.7 Å². The van der Waals surface area contributed by atoms with Crippen LogP contribution in [0.15, 0.2) is 54.6 Å². The van der Waals surface area contributed by atoms with Crippen LogP contribution in [0, 0.1) is 33.5 Å². The van der Waals surface area contributed by atoms with E-state index in [1.807, 2.05) is 0 Å². The Morgan fingerprint density at radius 3 is 1.97 bits per heavy atom. The first-order valence-electron chi connectivity index (χ1n) is 23.3. The quantitative estimate of drug-likeness (QED) is 0.185. The number of piperidine rings is 2. The molecule has 8 bridgehead atoms. The molecule has 2 saturated heterocycles. The normalized spacial score (nSPS) is 44.9. The standard InChI is InChI=1S/C50H69FN4O3/c1-4-58-32-50-29-47(38-8-6-5-7-9-38)23-37(24-49(28-47,30-50)44(57)55-41-15-17-53-34(3)19-41)42(50)36-10-12-39(13-11-36)46-21-35-20-45(25-46,31-51)26-48(22-35,27-46)43(56)54-40-14-16-52-33(2)18-40/h5-13,33-35,37,40-42,52-53H,4,14-32H2,1-3H3,(H,54,56)(H,55,57)/t33-,34-,35?,37?,40+,41+,42?,45+,46-,47+,48?,49?,50-/m1/s1. The molecule has 8 saturated carbocycles. The maximum atomic E-state index is 15.4. The zero-order chi connectivity index (χ0) is 40.0. The van der Waals surface area contributed by atoms with Crippen LogP contribution in [0.25, 0.3) is 0 Å². The molecule has 0 spiro atoms. The summed E-state index contributed by atoms with van der Waals surface area (Å²) >= 11 is 0. The molecule has 13 atom stereocenters. The van der Waals surface area contributed by atoms with Gasteiger partial charge in [-0.1, -0.05) is 54.6 Å². The lowest BCUT2D eigenvalue weighted by molar-refractivity contribution is -0.181. The second-order valence-electron chi connectivity index (χ2n) is 22.0. The first-order valence-corrected chi connectivity index (χ1v) is 23.3. The van der Waals surface area contributed by atoms with Crippen LogP contribution in [0.4, 0.5) is 4.39 Å². The molecule has 314 valence electrons. The van der Waals surface area contributed by atoms with Gasteiger partial charge in [0.15, 0.2) is 0 Å². The van der Waals surface area contributed by atoms with Crippen molar-refractivity contribution in [1.82, 2.24) is 21.3 Å². The van der Waals surface area contributed by atoms with Gasteiger partial charge >= 0.3 is 0 Å². The largest absolute Gasteiger partial charge is 0.381 e. The second-order valence-corrected chi connectivity index (χ2v) is 22.0. The fourth-order valence-electron chi connectivity index (χ4n) is 16.6. The Morgan fingerprint density at radius 1 is 0.724 bits per heavy atom. The molecule has 0 radical (unpaired) electrons. The van der Waals surface area contributed by atoms with Crippen LogP contribution < -0.4 is 21.3 Å². The molecule has 4 N–H and O–H groups in total. The summed E-state index contributed by atoms with van der Waals surface area (Å²) in [5.41, 5.74) is 2.34. The van der Waals surface area contributed by atoms with Crippen LogP contribution >= 0.6 is 0 Å². The lowest BCUT2D eigenvalue weighted by atomic mass is 9.34. The van der Waals surface area contributed by atoms with E-state index < -0.39 is 16.2 Å². The van der Waals surface area contributed by atoms with E-state index in [4.69, 9.17) is 4.74 Å².